The van der Waals surface area contributed by atoms with Gasteiger partial charge in [-0.25, -0.2) is 9.37 Å². The fourth-order valence-corrected chi connectivity index (χ4v) is 6.52. The molecule has 0 aliphatic carbocycles. The van der Waals surface area contributed by atoms with Crippen molar-refractivity contribution in [2.24, 2.45) is 0 Å². The normalized spacial score (nSPS) is 15.9. The van der Waals surface area contributed by atoms with Crippen LogP contribution in [0.25, 0.3) is 20.4 Å². The largest absolute Gasteiger partial charge is 0.376 e. The van der Waals surface area contributed by atoms with Gasteiger partial charge < -0.3 is 4.74 Å². The number of carbonyl (C=O) groups excluding carboxylic acids is 1. The average molecular weight is 507 g/mol. The van der Waals surface area contributed by atoms with Gasteiger partial charge in [0.25, 0.3) is 5.91 Å². The molecule has 6 rings (SSSR count). The molecule has 0 spiro atoms. The summed E-state index contributed by atoms with van der Waals surface area (Å²) in [6.45, 7) is 3.67. The third kappa shape index (κ3) is 4.35. The van der Waals surface area contributed by atoms with Crippen LogP contribution in [0.3, 0.4) is 0 Å². The molecule has 0 saturated carbocycles. The van der Waals surface area contributed by atoms with Gasteiger partial charge in [0.1, 0.15) is 10.6 Å². The summed E-state index contributed by atoms with van der Waals surface area (Å²) in [5, 5.41) is 6.31. The van der Waals surface area contributed by atoms with Gasteiger partial charge in [-0.05, 0) is 55.7 Å². The van der Waals surface area contributed by atoms with Crippen LogP contribution in [0.1, 0.15) is 33.8 Å². The number of hydrogen-bond acceptors (Lipinski definition) is 6. The third-order valence-electron chi connectivity index (χ3n) is 6.23. The smallest absolute Gasteiger partial charge is 0.270 e. The van der Waals surface area contributed by atoms with E-state index in [1.54, 1.807) is 17.0 Å². The minimum atomic E-state index is -0.263. The summed E-state index contributed by atoms with van der Waals surface area (Å²) < 4.78 is 22.1. The number of hydrogen-bond donors (Lipinski definition) is 0. The van der Waals surface area contributed by atoms with Crippen LogP contribution < -0.4 is 4.90 Å². The van der Waals surface area contributed by atoms with E-state index in [9.17, 15) is 9.18 Å². The Morgan fingerprint density at radius 2 is 2.03 bits per heavy atom. The maximum atomic E-state index is 13.9. The number of amides is 1. The zero-order chi connectivity index (χ0) is 23.9. The highest BCUT2D eigenvalue weighted by Gasteiger charge is 2.29. The molecule has 4 heterocycles. The zero-order valence-electron chi connectivity index (χ0n) is 19.1. The van der Waals surface area contributed by atoms with Crippen molar-refractivity contribution in [3.05, 3.63) is 76.5 Å². The van der Waals surface area contributed by atoms with Gasteiger partial charge in [-0.3, -0.25) is 14.4 Å². The second-order valence-electron chi connectivity index (χ2n) is 8.71. The van der Waals surface area contributed by atoms with E-state index in [1.165, 1.54) is 34.8 Å². The number of nitrogens with zero attached hydrogens (tertiary/aromatic N) is 4. The lowest BCUT2D eigenvalue weighted by atomic mass is 10.2. The number of ether oxygens (including phenoxy) is 1. The van der Waals surface area contributed by atoms with Crippen LogP contribution >= 0.6 is 22.7 Å². The number of benzene rings is 2. The number of rotatable bonds is 6. The quantitative estimate of drug-likeness (QED) is 0.282. The molecular formula is C26H23FN4O2S2. The second kappa shape index (κ2) is 9.14. The number of aromatic nitrogens is 3. The van der Waals surface area contributed by atoms with Crippen molar-refractivity contribution in [1.82, 2.24) is 14.8 Å². The van der Waals surface area contributed by atoms with E-state index in [0.717, 1.165) is 51.1 Å². The predicted octanol–water partition coefficient (Wildman–Crippen LogP) is 6.03. The molecule has 1 amide bonds. The Hall–Kier alpha value is -3.14. The van der Waals surface area contributed by atoms with E-state index in [2.05, 4.69) is 5.10 Å². The van der Waals surface area contributed by atoms with Gasteiger partial charge in [0.2, 0.25) is 0 Å². The molecule has 9 heteroatoms. The van der Waals surface area contributed by atoms with Crippen molar-refractivity contribution >= 4 is 54.1 Å². The summed E-state index contributed by atoms with van der Waals surface area (Å²) in [5.74, 6) is -0.339. The number of halogens is 1. The van der Waals surface area contributed by atoms with E-state index in [0.29, 0.717) is 23.1 Å². The Balaban J connectivity index is 1.35. The zero-order valence-corrected chi connectivity index (χ0v) is 20.7. The van der Waals surface area contributed by atoms with E-state index in [1.807, 2.05) is 41.9 Å². The molecule has 1 aliphatic heterocycles. The topological polar surface area (TPSA) is 60.2 Å². The molecule has 6 nitrogen and oxygen atoms in total. The average Bonchev–Trinajstić information content (AvgIpc) is 3.65. The van der Waals surface area contributed by atoms with Crippen LogP contribution in [-0.2, 0) is 11.3 Å². The molecule has 2 aromatic carbocycles. The lowest BCUT2D eigenvalue weighted by Crippen LogP contribution is -2.37. The number of thiophene rings is 1. The lowest BCUT2D eigenvalue weighted by Gasteiger charge is -2.22. The van der Waals surface area contributed by atoms with Crippen molar-refractivity contribution in [3.8, 4) is 0 Å². The Morgan fingerprint density at radius 1 is 1.20 bits per heavy atom. The summed E-state index contributed by atoms with van der Waals surface area (Å²) in [5.41, 5.74) is 2.70. The maximum Gasteiger partial charge on any atom is 0.270 e. The number of fused-ring (bicyclic) bond motifs is 2. The fraction of sp³-hybridized carbons (Fsp3) is 0.269. The minimum Gasteiger partial charge on any atom is -0.376 e. The Kier molecular flexibility index (Phi) is 5.83. The molecule has 35 heavy (non-hydrogen) atoms. The molecule has 1 atom stereocenters. The molecule has 0 bridgehead atoms. The maximum absolute atomic E-state index is 13.9. The predicted molar refractivity (Wildman–Crippen MR) is 138 cm³/mol. The number of thiazole rings is 1. The van der Waals surface area contributed by atoms with Crippen molar-refractivity contribution in [3.63, 3.8) is 0 Å². The SMILES string of the molecule is Cc1nn(Cc2ccc(F)cc2)c2sc(C(=O)N(C[C@H]3CCCO3)c3nc4ccccc4s3)cc12. The molecule has 1 aliphatic rings. The van der Waals surface area contributed by atoms with Gasteiger partial charge in [-0.15, -0.1) is 11.3 Å². The first-order chi connectivity index (χ1) is 17.0. The Labute approximate surface area is 209 Å². The molecule has 0 N–H and O–H groups in total. The van der Waals surface area contributed by atoms with Gasteiger partial charge in [0, 0.05) is 12.0 Å². The standard InChI is InChI=1S/C26H23FN4O2S2/c1-16-20-13-23(34-25(20)31(29-16)14-17-8-10-18(27)11-9-17)24(32)30(15-19-5-4-12-33-19)26-28-21-6-2-3-7-22(21)35-26/h2-3,6-11,13,19H,4-5,12,14-15H2,1H3/t19-/m1/s1. The number of anilines is 1. The summed E-state index contributed by atoms with van der Waals surface area (Å²) in [6, 6.07) is 16.3. The van der Waals surface area contributed by atoms with Crippen molar-refractivity contribution in [2.45, 2.75) is 32.4 Å². The van der Waals surface area contributed by atoms with Crippen LogP contribution in [0.5, 0.6) is 0 Å². The molecule has 5 aromatic rings. The van der Waals surface area contributed by atoms with Gasteiger partial charge in [-0.2, -0.15) is 5.10 Å². The third-order valence-corrected chi connectivity index (χ3v) is 8.43. The van der Waals surface area contributed by atoms with Crippen molar-refractivity contribution in [1.29, 1.82) is 0 Å². The van der Waals surface area contributed by atoms with Crippen LogP contribution in [0.2, 0.25) is 0 Å². The van der Waals surface area contributed by atoms with Gasteiger partial charge in [0.05, 0.1) is 40.0 Å². The monoisotopic (exact) mass is 506 g/mol. The van der Waals surface area contributed by atoms with Gasteiger partial charge >= 0.3 is 0 Å². The highest BCUT2D eigenvalue weighted by atomic mass is 32.1. The summed E-state index contributed by atoms with van der Waals surface area (Å²) in [6.07, 6.45) is 1.96. The van der Waals surface area contributed by atoms with Crippen LogP contribution in [-0.4, -0.2) is 39.9 Å². The minimum absolute atomic E-state index is 0.0102. The second-order valence-corrected chi connectivity index (χ2v) is 10.8. The lowest BCUT2D eigenvalue weighted by molar-refractivity contribution is 0.0921. The molecule has 0 unspecified atom stereocenters. The van der Waals surface area contributed by atoms with Crippen molar-refractivity contribution < 1.29 is 13.9 Å². The summed E-state index contributed by atoms with van der Waals surface area (Å²) in [7, 11) is 0. The summed E-state index contributed by atoms with van der Waals surface area (Å²) in [4.78, 5) is 22.0. The number of carbonyl (C=O) groups is 1. The first-order valence-corrected chi connectivity index (χ1v) is 13.2. The van der Waals surface area contributed by atoms with E-state index in [-0.39, 0.29) is 17.8 Å². The first-order valence-electron chi connectivity index (χ1n) is 11.6. The van der Waals surface area contributed by atoms with Crippen LogP contribution in [0.4, 0.5) is 9.52 Å². The van der Waals surface area contributed by atoms with Crippen molar-refractivity contribution in [2.75, 3.05) is 18.1 Å². The fourth-order valence-electron chi connectivity index (χ4n) is 4.44. The Bertz CT molecular complexity index is 1480. The molecule has 0 radical (unpaired) electrons. The molecular weight excluding hydrogens is 483 g/mol. The van der Waals surface area contributed by atoms with Crippen LogP contribution in [0.15, 0.2) is 54.6 Å². The number of para-hydroxylation sites is 1. The first kappa shape index (κ1) is 22.3. The van der Waals surface area contributed by atoms with E-state index in [4.69, 9.17) is 9.72 Å². The summed E-state index contributed by atoms with van der Waals surface area (Å²) >= 11 is 2.96. The highest BCUT2D eigenvalue weighted by Crippen LogP contribution is 2.34. The molecule has 178 valence electrons. The van der Waals surface area contributed by atoms with E-state index < -0.39 is 0 Å². The highest BCUT2D eigenvalue weighted by molar-refractivity contribution is 7.23. The number of aryl methyl sites for hydroxylation is 1. The van der Waals surface area contributed by atoms with Gasteiger partial charge in [0.15, 0.2) is 5.13 Å². The van der Waals surface area contributed by atoms with Crippen LogP contribution in [0, 0.1) is 12.7 Å². The molecule has 3 aromatic heterocycles. The molecule has 1 fully saturated rings. The van der Waals surface area contributed by atoms with E-state index >= 15 is 0 Å². The molecule has 1 saturated heterocycles. The van der Waals surface area contributed by atoms with Gasteiger partial charge in [-0.1, -0.05) is 35.6 Å². The Morgan fingerprint density at radius 3 is 2.80 bits per heavy atom.